The van der Waals surface area contributed by atoms with Gasteiger partial charge in [0.25, 0.3) is 0 Å². The van der Waals surface area contributed by atoms with E-state index in [0.29, 0.717) is 5.56 Å². The molecule has 20 heavy (non-hydrogen) atoms. The Kier molecular flexibility index (Phi) is 2.36. The SMILES string of the molecule is COC(=O)C1(O)c2ccccc2C2(C)C(C)=C(C)C21C. The van der Waals surface area contributed by atoms with Gasteiger partial charge in [-0.1, -0.05) is 49.3 Å². The third-order valence-electron chi connectivity index (χ3n) is 6.12. The maximum Gasteiger partial charge on any atom is 0.343 e. The van der Waals surface area contributed by atoms with Crippen molar-refractivity contribution in [3.8, 4) is 0 Å². The number of hydrogen-bond acceptors (Lipinski definition) is 3. The molecular weight excluding hydrogens is 252 g/mol. The summed E-state index contributed by atoms with van der Waals surface area (Å²) in [7, 11) is 1.33. The van der Waals surface area contributed by atoms with E-state index in [4.69, 9.17) is 4.74 Å². The van der Waals surface area contributed by atoms with Crippen molar-refractivity contribution in [2.45, 2.75) is 38.7 Å². The summed E-state index contributed by atoms with van der Waals surface area (Å²) >= 11 is 0. The molecule has 1 N–H and O–H groups in total. The van der Waals surface area contributed by atoms with Crippen LogP contribution in [0.4, 0.5) is 0 Å². The molecule has 0 saturated heterocycles. The van der Waals surface area contributed by atoms with Crippen LogP contribution < -0.4 is 0 Å². The summed E-state index contributed by atoms with van der Waals surface area (Å²) in [6.07, 6.45) is 0. The van der Waals surface area contributed by atoms with Crippen LogP contribution in [0.3, 0.4) is 0 Å². The second-order valence-electron chi connectivity index (χ2n) is 6.25. The van der Waals surface area contributed by atoms with Crippen LogP contribution in [0.2, 0.25) is 0 Å². The lowest BCUT2D eigenvalue weighted by Crippen LogP contribution is -2.60. The fourth-order valence-electron chi connectivity index (χ4n) is 4.51. The number of carbonyl (C=O) groups excluding carboxylic acids is 1. The number of allylic oxidation sites excluding steroid dienone is 1. The maximum atomic E-state index is 12.4. The Bertz CT molecular complexity index is 660. The molecule has 3 heteroatoms. The van der Waals surface area contributed by atoms with Gasteiger partial charge in [-0.2, -0.15) is 0 Å². The zero-order valence-corrected chi connectivity index (χ0v) is 12.6. The van der Waals surface area contributed by atoms with Crippen LogP contribution in [-0.2, 0) is 20.5 Å². The fraction of sp³-hybridized carbons (Fsp3) is 0.471. The van der Waals surface area contributed by atoms with Gasteiger partial charge in [-0.3, -0.25) is 0 Å². The van der Waals surface area contributed by atoms with E-state index in [1.165, 1.54) is 12.7 Å². The Balaban J connectivity index is 2.41. The Hall–Kier alpha value is -1.61. The molecule has 0 fully saturated rings. The number of rotatable bonds is 1. The van der Waals surface area contributed by atoms with Gasteiger partial charge in [0.2, 0.25) is 0 Å². The summed E-state index contributed by atoms with van der Waals surface area (Å²) in [4.78, 5) is 12.4. The number of aliphatic hydroxyl groups is 1. The first-order valence-electron chi connectivity index (χ1n) is 6.87. The molecule has 0 heterocycles. The quantitative estimate of drug-likeness (QED) is 0.631. The lowest BCUT2D eigenvalue weighted by Gasteiger charge is -2.57. The second kappa shape index (κ2) is 3.53. The Morgan fingerprint density at radius 2 is 1.65 bits per heavy atom. The highest BCUT2D eigenvalue weighted by molar-refractivity contribution is 5.88. The van der Waals surface area contributed by atoms with Crippen molar-refractivity contribution in [2.24, 2.45) is 5.41 Å². The van der Waals surface area contributed by atoms with E-state index < -0.39 is 17.0 Å². The number of ether oxygens (including phenoxy) is 1. The number of benzene rings is 1. The molecule has 3 unspecified atom stereocenters. The summed E-state index contributed by atoms with van der Waals surface area (Å²) in [5.74, 6) is -0.581. The van der Waals surface area contributed by atoms with Gasteiger partial charge in [0.1, 0.15) is 0 Å². The minimum Gasteiger partial charge on any atom is -0.467 e. The fourth-order valence-corrected chi connectivity index (χ4v) is 4.51. The van der Waals surface area contributed by atoms with Crippen molar-refractivity contribution in [1.29, 1.82) is 0 Å². The first kappa shape index (κ1) is 13.4. The van der Waals surface area contributed by atoms with E-state index in [0.717, 1.165) is 11.1 Å². The molecule has 3 nitrogen and oxygen atoms in total. The molecule has 1 aromatic carbocycles. The average Bonchev–Trinajstić information content (AvgIpc) is 2.63. The van der Waals surface area contributed by atoms with Crippen molar-refractivity contribution in [1.82, 2.24) is 0 Å². The molecule has 3 atom stereocenters. The van der Waals surface area contributed by atoms with Gasteiger partial charge >= 0.3 is 5.97 Å². The summed E-state index contributed by atoms with van der Waals surface area (Å²) in [5.41, 5.74) is 1.41. The van der Waals surface area contributed by atoms with E-state index in [9.17, 15) is 9.90 Å². The zero-order valence-electron chi connectivity index (χ0n) is 12.6. The normalized spacial score (nSPS) is 38.1. The molecule has 3 rings (SSSR count). The van der Waals surface area contributed by atoms with Gasteiger partial charge in [0.05, 0.1) is 7.11 Å². The van der Waals surface area contributed by atoms with Crippen LogP contribution in [0.15, 0.2) is 35.4 Å². The minimum atomic E-state index is -1.61. The van der Waals surface area contributed by atoms with Crippen LogP contribution >= 0.6 is 0 Å². The second-order valence-corrected chi connectivity index (χ2v) is 6.25. The molecule has 0 aromatic heterocycles. The van der Waals surface area contributed by atoms with Gasteiger partial charge in [-0.15, -0.1) is 0 Å². The van der Waals surface area contributed by atoms with Gasteiger partial charge in [0, 0.05) is 10.8 Å². The highest BCUT2D eigenvalue weighted by atomic mass is 16.5. The molecule has 0 radical (unpaired) electrons. The number of esters is 1. The molecule has 2 aliphatic carbocycles. The summed E-state index contributed by atoms with van der Waals surface area (Å²) in [6, 6.07) is 7.65. The zero-order chi connectivity index (χ0) is 14.9. The number of hydrogen-bond donors (Lipinski definition) is 1. The molecule has 0 spiro atoms. The van der Waals surface area contributed by atoms with Gasteiger partial charge < -0.3 is 9.84 Å². The van der Waals surface area contributed by atoms with E-state index in [2.05, 4.69) is 13.8 Å². The Labute approximate surface area is 119 Å². The monoisotopic (exact) mass is 272 g/mol. The molecule has 2 aliphatic rings. The molecule has 0 bridgehead atoms. The van der Waals surface area contributed by atoms with Crippen LogP contribution in [0.25, 0.3) is 0 Å². The van der Waals surface area contributed by atoms with E-state index in [1.54, 1.807) is 0 Å². The molecule has 106 valence electrons. The molecule has 0 saturated carbocycles. The number of methoxy groups -OCH3 is 1. The predicted octanol–water partition coefficient (Wildman–Crippen LogP) is 2.67. The van der Waals surface area contributed by atoms with Crippen LogP contribution in [0.5, 0.6) is 0 Å². The van der Waals surface area contributed by atoms with E-state index in [-0.39, 0.29) is 5.41 Å². The minimum absolute atomic E-state index is 0.323. The Morgan fingerprint density at radius 1 is 1.10 bits per heavy atom. The first-order valence-corrected chi connectivity index (χ1v) is 6.87. The summed E-state index contributed by atoms with van der Waals surface area (Å²) in [5, 5.41) is 11.3. The van der Waals surface area contributed by atoms with Crippen LogP contribution in [0, 0.1) is 5.41 Å². The van der Waals surface area contributed by atoms with Crippen LogP contribution in [0.1, 0.15) is 38.8 Å². The average molecular weight is 272 g/mol. The molecular formula is C17H20O3. The largest absolute Gasteiger partial charge is 0.467 e. The van der Waals surface area contributed by atoms with Crippen molar-refractivity contribution >= 4 is 5.97 Å². The molecule has 1 aromatic rings. The summed E-state index contributed by atoms with van der Waals surface area (Å²) < 4.78 is 4.93. The van der Waals surface area contributed by atoms with Gasteiger partial charge in [-0.25, -0.2) is 4.79 Å². The van der Waals surface area contributed by atoms with E-state index >= 15 is 0 Å². The summed E-state index contributed by atoms with van der Waals surface area (Å²) in [6.45, 7) is 8.15. The number of carbonyl (C=O) groups is 1. The third-order valence-corrected chi connectivity index (χ3v) is 6.12. The highest BCUT2D eigenvalue weighted by Crippen LogP contribution is 2.73. The lowest BCUT2D eigenvalue weighted by molar-refractivity contribution is -0.181. The third kappa shape index (κ3) is 0.966. The van der Waals surface area contributed by atoms with Gasteiger partial charge in [-0.05, 0) is 25.0 Å². The Morgan fingerprint density at radius 3 is 2.20 bits per heavy atom. The molecule has 0 aliphatic heterocycles. The van der Waals surface area contributed by atoms with Crippen molar-refractivity contribution in [3.63, 3.8) is 0 Å². The lowest BCUT2D eigenvalue weighted by atomic mass is 9.45. The topological polar surface area (TPSA) is 46.5 Å². The van der Waals surface area contributed by atoms with Crippen molar-refractivity contribution in [2.75, 3.05) is 7.11 Å². The van der Waals surface area contributed by atoms with E-state index in [1.807, 2.05) is 38.1 Å². The maximum absolute atomic E-state index is 12.4. The van der Waals surface area contributed by atoms with Crippen molar-refractivity contribution in [3.05, 3.63) is 46.5 Å². The molecule has 0 amide bonds. The first-order chi connectivity index (χ1) is 9.27. The van der Waals surface area contributed by atoms with Gasteiger partial charge in [0.15, 0.2) is 5.60 Å². The predicted molar refractivity (Wildman–Crippen MR) is 76.2 cm³/mol. The standard InChI is InChI=1S/C17H20O3/c1-10-11(2)16(4)15(10,3)12-8-6-7-9-13(12)17(16,19)14(18)20-5/h6-9,19H,1-5H3. The van der Waals surface area contributed by atoms with Crippen LogP contribution in [-0.4, -0.2) is 18.2 Å². The smallest absolute Gasteiger partial charge is 0.343 e. The number of fused-ring (bicyclic) bond motifs is 3. The highest BCUT2D eigenvalue weighted by Gasteiger charge is 2.75. The van der Waals surface area contributed by atoms with Crippen molar-refractivity contribution < 1.29 is 14.6 Å².